The summed E-state index contributed by atoms with van der Waals surface area (Å²) in [6.07, 6.45) is 6.51. The Kier molecular flexibility index (Phi) is 37.8. The van der Waals surface area contributed by atoms with Crippen LogP contribution in [0.15, 0.2) is 296 Å². The number of hydrogen-bond acceptors (Lipinski definition) is 10. The van der Waals surface area contributed by atoms with Crippen LogP contribution in [-0.2, 0) is 101 Å². The average Bonchev–Trinajstić information content (AvgIpc) is 0.793. The molecule has 0 bridgehead atoms. The van der Waals surface area contributed by atoms with Crippen LogP contribution in [0.25, 0.3) is 56.2 Å². The standard InChI is InChI=1S/C40H31N3.C14H12N3.C13H11F2N2.C12H8F2N.C11H6F2N.4Ir.Pt/c1-41-39(32-16-8-4-9-17-32)34-20-12-22-37(28-34)43(36-26-24-31(25-27-36)30-14-6-3-7-15-30)38-23-13-21-35(29-38)40(42-2)33-18-10-5-11-19-33;1-17(2)13-6-7-16-14(9-13)12-5-3-4-11(8-12)10-15;1-17(2)10-4-6-13(16-8-10)11-5-3-9(14)7-12(11)15;1-8-3-2-6-15-12(8)10-5-4-9(13)7-11(10)14;12-8-4-5-9(10(13)7-8)11-3-1-2-6-14-11;;;;;/h3-27H,1-2H3;3-4,6-9H,1-2H3;3-4,6-8H,1-2H3;2-4,6-7H,1H3;1-4,6-7H;;;;;/q-2;4*-1;;;;;+2. The molecule has 0 aliphatic heterocycles. The number of aryl methyl sites for hydroxylation is 1. The van der Waals surface area contributed by atoms with E-state index in [1.165, 1.54) is 5.56 Å². The quantitative estimate of drug-likeness (QED) is 0.0602. The molecular formula is C90H68F6Ir4N10Pt-4. The molecule has 14 rings (SSSR count). The topological polar surface area (TPSA) is 110 Å². The van der Waals surface area contributed by atoms with Gasteiger partial charge in [-0.15, -0.1) is 126 Å². The molecule has 21 heteroatoms. The molecular weight excluding hydrogens is 2300 g/mol. The Hall–Kier alpha value is -10.1. The number of rotatable bonds is 14. The molecule has 4 radical (unpaired) electrons. The van der Waals surface area contributed by atoms with Crippen molar-refractivity contribution in [1.29, 1.82) is 5.26 Å². The fraction of sp³-hybridized carbons (Fsp3) is 0.0778. The first-order valence-electron chi connectivity index (χ1n) is 33.2. The summed E-state index contributed by atoms with van der Waals surface area (Å²) in [5, 5.41) is 8.86. The molecule has 0 unspecified atom stereocenters. The van der Waals surface area contributed by atoms with Gasteiger partial charge < -0.3 is 44.6 Å². The molecule has 570 valence electrons. The Morgan fingerprint density at radius 2 is 0.883 bits per heavy atom. The van der Waals surface area contributed by atoms with Gasteiger partial charge in [-0.1, -0.05) is 174 Å². The number of aromatic nitrogens is 4. The zero-order chi connectivity index (χ0) is 74.9. The molecule has 0 aliphatic rings. The first-order valence-corrected chi connectivity index (χ1v) is 33.2. The maximum absolute atomic E-state index is 13.5. The Bertz CT molecular complexity index is 5240. The van der Waals surface area contributed by atoms with Crippen LogP contribution in [-0.4, -0.2) is 73.6 Å². The van der Waals surface area contributed by atoms with Gasteiger partial charge in [0.25, 0.3) is 0 Å². The van der Waals surface area contributed by atoms with Crippen molar-refractivity contribution in [2.45, 2.75) is 6.92 Å². The van der Waals surface area contributed by atoms with Gasteiger partial charge in [0.15, 0.2) is 0 Å². The van der Waals surface area contributed by atoms with Crippen molar-refractivity contribution >= 4 is 39.9 Å². The molecule has 10 aromatic carbocycles. The summed E-state index contributed by atoms with van der Waals surface area (Å²) in [7, 11) is 11.4. The molecule has 0 saturated heterocycles. The molecule has 0 atom stereocenters. The summed E-state index contributed by atoms with van der Waals surface area (Å²) in [5.74, 6) is -3.86. The van der Waals surface area contributed by atoms with Crippen molar-refractivity contribution in [3.8, 4) is 62.2 Å². The maximum Gasteiger partial charge on any atom is 2.00 e. The van der Waals surface area contributed by atoms with E-state index < -0.39 is 34.9 Å². The van der Waals surface area contributed by atoms with Gasteiger partial charge in [0.05, 0.1) is 11.8 Å². The first-order chi connectivity index (χ1) is 51.5. The van der Waals surface area contributed by atoms with E-state index in [0.717, 1.165) is 121 Å². The molecule has 0 amide bonds. The van der Waals surface area contributed by atoms with Crippen molar-refractivity contribution in [3.63, 3.8) is 0 Å². The molecule has 0 N–H and O–H groups in total. The second-order valence-corrected chi connectivity index (χ2v) is 23.7. The van der Waals surface area contributed by atoms with Crippen molar-refractivity contribution in [1.82, 2.24) is 19.9 Å². The minimum atomic E-state index is -0.657. The second-order valence-electron chi connectivity index (χ2n) is 23.7. The average molecular weight is 2370 g/mol. The van der Waals surface area contributed by atoms with E-state index >= 15 is 0 Å². The maximum atomic E-state index is 13.5. The van der Waals surface area contributed by atoms with Crippen LogP contribution >= 0.6 is 0 Å². The molecule has 0 fully saturated rings. The normalized spacial score (nSPS) is 10.3. The largest absolute Gasteiger partial charge is 2.00 e. The van der Waals surface area contributed by atoms with Gasteiger partial charge in [0.2, 0.25) is 0 Å². The summed E-state index contributed by atoms with van der Waals surface area (Å²) in [6, 6.07) is 99.3. The van der Waals surface area contributed by atoms with E-state index in [4.69, 9.17) is 5.26 Å². The summed E-state index contributed by atoms with van der Waals surface area (Å²) in [4.78, 5) is 31.8. The summed E-state index contributed by atoms with van der Waals surface area (Å²) < 4.78 is 78.1. The molecule has 10 nitrogen and oxygen atoms in total. The van der Waals surface area contributed by atoms with Crippen LogP contribution in [0.2, 0.25) is 0 Å². The van der Waals surface area contributed by atoms with Crippen molar-refractivity contribution < 1.29 is 128 Å². The van der Waals surface area contributed by atoms with Gasteiger partial charge >= 0.3 is 21.1 Å². The Labute approximate surface area is 712 Å². The molecule has 14 aromatic rings. The third-order valence-electron chi connectivity index (χ3n) is 16.1. The van der Waals surface area contributed by atoms with Crippen molar-refractivity contribution in [3.05, 3.63) is 390 Å². The monoisotopic (exact) mass is 2370 g/mol. The third-order valence-corrected chi connectivity index (χ3v) is 16.1. The number of nitriles is 1. The van der Waals surface area contributed by atoms with Gasteiger partial charge in [-0.2, -0.15) is 5.26 Å². The fourth-order valence-electron chi connectivity index (χ4n) is 10.8. The van der Waals surface area contributed by atoms with E-state index in [2.05, 4.69) is 186 Å². The van der Waals surface area contributed by atoms with E-state index in [0.29, 0.717) is 22.6 Å². The number of pyridine rings is 4. The Balaban J connectivity index is 0.000000270. The molecule has 4 heterocycles. The predicted molar refractivity (Wildman–Crippen MR) is 412 cm³/mol. The minimum Gasteiger partial charge on any atom is -0.378 e. The van der Waals surface area contributed by atoms with Crippen LogP contribution in [0.4, 0.5) is 54.8 Å². The van der Waals surface area contributed by atoms with E-state index in [9.17, 15) is 26.3 Å². The second kappa shape index (κ2) is 45.9. The number of nitrogens with zero attached hydrogens (tertiary/aromatic N) is 10. The minimum absolute atomic E-state index is 0. The fourth-order valence-corrected chi connectivity index (χ4v) is 10.8. The third kappa shape index (κ3) is 25.5. The van der Waals surface area contributed by atoms with Gasteiger partial charge in [0.1, 0.15) is 0 Å². The molecule has 4 aromatic heterocycles. The van der Waals surface area contributed by atoms with Gasteiger partial charge in [0, 0.05) is 194 Å². The zero-order valence-corrected chi connectivity index (χ0v) is 72.4. The predicted octanol–water partition coefficient (Wildman–Crippen LogP) is 20.7. The first kappa shape index (κ1) is 91.5. The van der Waals surface area contributed by atoms with Gasteiger partial charge in [-0.25, -0.2) is 0 Å². The van der Waals surface area contributed by atoms with Crippen LogP contribution < -0.4 is 14.7 Å². The number of benzene rings is 10. The number of anilines is 5. The smallest absolute Gasteiger partial charge is 0.378 e. The number of hydrogen-bond donors (Lipinski definition) is 0. The molecule has 111 heavy (non-hydrogen) atoms. The summed E-state index contributed by atoms with van der Waals surface area (Å²) in [6.45, 7) is 1.82. The SMILES string of the molecule is CN(C)c1ccc(-c2[c-]cc(F)cc2F)nc1.CN(C)c1ccnc(-c2[c-]ccc(C#N)c2)c1.CN=C(c1[c-]c(N(c2[c-]c(C(=NC)c3ccccc3)ccc2)c2ccc(-c3ccccc3)cc2)ccc1)c1ccccc1.Cc1cccnc1-c1[c-]cc(F)cc1F.Fc1c[c-]c(-c2ccccn2)c(F)c1.[Ir].[Ir].[Ir].[Ir].[Pt+2]. The zero-order valence-electron chi connectivity index (χ0n) is 60.5. The van der Waals surface area contributed by atoms with Crippen molar-refractivity contribution in [2.24, 2.45) is 9.98 Å². The molecule has 0 aliphatic carbocycles. The van der Waals surface area contributed by atoms with Crippen LogP contribution in [0.3, 0.4) is 0 Å². The summed E-state index contributed by atoms with van der Waals surface area (Å²) >= 11 is 0. The van der Waals surface area contributed by atoms with E-state index in [1.54, 1.807) is 73.3 Å². The summed E-state index contributed by atoms with van der Waals surface area (Å²) in [5.41, 5.74) is 17.9. The number of halogens is 6. The van der Waals surface area contributed by atoms with Gasteiger partial charge in [-0.3, -0.25) is 26.3 Å². The van der Waals surface area contributed by atoms with Crippen LogP contribution in [0.1, 0.15) is 33.4 Å². The number of aliphatic imine (C=N–C) groups is 2. The van der Waals surface area contributed by atoms with Crippen molar-refractivity contribution in [2.75, 3.05) is 57.0 Å². The Morgan fingerprint density at radius 3 is 1.34 bits per heavy atom. The van der Waals surface area contributed by atoms with E-state index in [1.807, 2.05) is 126 Å². The van der Waals surface area contributed by atoms with E-state index in [-0.39, 0.29) is 118 Å². The molecule has 0 saturated carbocycles. The van der Waals surface area contributed by atoms with Crippen LogP contribution in [0.5, 0.6) is 0 Å². The molecule has 0 spiro atoms. The van der Waals surface area contributed by atoms with Crippen LogP contribution in [0, 0.1) is 89.6 Å². The Morgan fingerprint density at radius 1 is 0.414 bits per heavy atom. The van der Waals surface area contributed by atoms with Gasteiger partial charge in [-0.05, 0) is 117 Å².